The number of hydrogen-bond donors (Lipinski definition) is 4. The minimum absolute atomic E-state index is 0.00353. The van der Waals surface area contributed by atoms with E-state index in [-0.39, 0.29) is 23.6 Å². The second-order valence-corrected chi connectivity index (χ2v) is 5.83. The fourth-order valence-electron chi connectivity index (χ4n) is 2.59. The van der Waals surface area contributed by atoms with Crippen molar-refractivity contribution in [3.05, 3.63) is 30.4 Å². The molecule has 1 amide bonds. The molecule has 10 heteroatoms. The number of nitrogens with zero attached hydrogens (tertiary/aromatic N) is 3. The average molecular weight is 359 g/mol. The van der Waals surface area contributed by atoms with E-state index < -0.39 is 5.91 Å². The third kappa shape index (κ3) is 4.16. The van der Waals surface area contributed by atoms with Crippen LogP contribution >= 0.6 is 0 Å². The van der Waals surface area contributed by atoms with Crippen LogP contribution in [0.1, 0.15) is 16.9 Å². The third-order valence-electron chi connectivity index (χ3n) is 3.95. The van der Waals surface area contributed by atoms with E-state index in [4.69, 9.17) is 20.9 Å². The van der Waals surface area contributed by atoms with Gasteiger partial charge in [-0.25, -0.2) is 9.97 Å². The highest BCUT2D eigenvalue weighted by Crippen LogP contribution is 2.22. The van der Waals surface area contributed by atoms with Gasteiger partial charge in [-0.15, -0.1) is 0 Å². The molecule has 2 atom stereocenters. The van der Waals surface area contributed by atoms with Crippen LogP contribution < -0.4 is 26.8 Å². The molecule has 1 aliphatic rings. The first-order chi connectivity index (χ1) is 12.6. The summed E-state index contributed by atoms with van der Waals surface area (Å²) in [6.45, 7) is 1.10. The standard InChI is InChI=1S/C16H21N7O3/c1-25-10-4-9(5-19-6-10)21-16-14(15(18)24)20-7-13(23-16)22-12-2-3-26-8-11(12)17/h4-7,11-12H,2-3,8,17H2,1H3,(H2,18,24)(H2,21,22,23). The Morgan fingerprint density at radius 2 is 2.23 bits per heavy atom. The molecule has 2 aromatic heterocycles. The van der Waals surface area contributed by atoms with Crippen LogP contribution in [0.2, 0.25) is 0 Å². The van der Waals surface area contributed by atoms with Crippen LogP contribution in [0.5, 0.6) is 5.75 Å². The lowest BCUT2D eigenvalue weighted by Crippen LogP contribution is -2.47. The maximum Gasteiger partial charge on any atom is 0.271 e. The summed E-state index contributed by atoms with van der Waals surface area (Å²) in [6, 6.07) is 1.57. The van der Waals surface area contributed by atoms with Crippen molar-refractivity contribution < 1.29 is 14.3 Å². The summed E-state index contributed by atoms with van der Waals surface area (Å²) in [5, 5.41) is 6.24. The lowest BCUT2D eigenvalue weighted by molar-refractivity contribution is 0.0752. The van der Waals surface area contributed by atoms with E-state index in [1.807, 2.05) is 0 Å². The summed E-state index contributed by atoms with van der Waals surface area (Å²) >= 11 is 0. The van der Waals surface area contributed by atoms with Crippen LogP contribution in [0.25, 0.3) is 0 Å². The molecule has 3 heterocycles. The number of methoxy groups -OCH3 is 1. The predicted molar refractivity (Wildman–Crippen MR) is 95.4 cm³/mol. The number of primary amides is 1. The first-order valence-electron chi connectivity index (χ1n) is 8.09. The van der Waals surface area contributed by atoms with Gasteiger partial charge in [0.25, 0.3) is 5.91 Å². The zero-order valence-corrected chi connectivity index (χ0v) is 14.3. The maximum atomic E-state index is 11.7. The van der Waals surface area contributed by atoms with E-state index >= 15 is 0 Å². The van der Waals surface area contributed by atoms with Gasteiger partial charge in [0, 0.05) is 24.8 Å². The van der Waals surface area contributed by atoms with Crippen LogP contribution in [-0.2, 0) is 4.74 Å². The molecule has 0 aliphatic carbocycles. The monoisotopic (exact) mass is 359 g/mol. The molecule has 0 bridgehead atoms. The minimum atomic E-state index is -0.690. The van der Waals surface area contributed by atoms with Crippen molar-refractivity contribution in [1.82, 2.24) is 15.0 Å². The number of rotatable bonds is 6. The third-order valence-corrected chi connectivity index (χ3v) is 3.95. The number of pyridine rings is 1. The molecule has 3 rings (SSSR count). The summed E-state index contributed by atoms with van der Waals surface area (Å²) in [4.78, 5) is 24.3. The summed E-state index contributed by atoms with van der Waals surface area (Å²) in [5.41, 5.74) is 12.1. The molecule has 0 spiro atoms. The molecule has 1 aliphatic heterocycles. The summed E-state index contributed by atoms with van der Waals surface area (Å²) in [6.07, 6.45) is 5.35. The minimum Gasteiger partial charge on any atom is -0.495 e. The Kier molecular flexibility index (Phi) is 5.44. The Morgan fingerprint density at radius 3 is 2.96 bits per heavy atom. The number of anilines is 3. The number of carbonyl (C=O) groups excluding carboxylic acids is 1. The average Bonchev–Trinajstić information content (AvgIpc) is 2.64. The van der Waals surface area contributed by atoms with Gasteiger partial charge in [-0.2, -0.15) is 0 Å². The zero-order valence-electron chi connectivity index (χ0n) is 14.3. The van der Waals surface area contributed by atoms with Crippen molar-refractivity contribution in [3.8, 4) is 5.75 Å². The summed E-state index contributed by atoms with van der Waals surface area (Å²) < 4.78 is 10.5. The summed E-state index contributed by atoms with van der Waals surface area (Å²) in [7, 11) is 1.54. The number of nitrogens with one attached hydrogen (secondary N) is 2. The number of carbonyl (C=O) groups is 1. The van der Waals surface area contributed by atoms with Crippen LogP contribution in [0.15, 0.2) is 24.7 Å². The molecular formula is C16H21N7O3. The zero-order chi connectivity index (χ0) is 18.5. The second-order valence-electron chi connectivity index (χ2n) is 5.83. The van der Waals surface area contributed by atoms with Gasteiger partial charge in [0.05, 0.1) is 38.0 Å². The Labute approximate surface area is 150 Å². The fraction of sp³-hybridized carbons (Fsp3) is 0.375. The van der Waals surface area contributed by atoms with Crippen molar-refractivity contribution >= 4 is 23.2 Å². The van der Waals surface area contributed by atoms with Crippen LogP contribution in [0, 0.1) is 0 Å². The van der Waals surface area contributed by atoms with Crippen LogP contribution in [0.4, 0.5) is 17.3 Å². The molecule has 26 heavy (non-hydrogen) atoms. The van der Waals surface area contributed by atoms with Crippen molar-refractivity contribution in [3.63, 3.8) is 0 Å². The number of hydrogen-bond acceptors (Lipinski definition) is 9. The second kappa shape index (κ2) is 7.93. The molecule has 1 saturated heterocycles. The molecular weight excluding hydrogens is 338 g/mol. The Balaban J connectivity index is 1.85. The molecule has 2 aromatic rings. The number of ether oxygens (including phenoxy) is 2. The Bertz CT molecular complexity index is 786. The SMILES string of the molecule is COc1cncc(Nc2nc(NC3CCOCC3N)cnc2C(N)=O)c1. The quantitative estimate of drug-likeness (QED) is 0.569. The van der Waals surface area contributed by atoms with Crippen LogP contribution in [-0.4, -0.2) is 53.3 Å². The molecule has 6 N–H and O–H groups in total. The largest absolute Gasteiger partial charge is 0.495 e. The highest BCUT2D eigenvalue weighted by molar-refractivity contribution is 5.96. The van der Waals surface area contributed by atoms with Gasteiger partial charge < -0.3 is 31.6 Å². The Hall–Kier alpha value is -2.98. The first kappa shape index (κ1) is 17.8. The highest BCUT2D eigenvalue weighted by atomic mass is 16.5. The van der Waals surface area contributed by atoms with E-state index in [0.717, 1.165) is 6.42 Å². The molecule has 10 nitrogen and oxygen atoms in total. The fourth-order valence-corrected chi connectivity index (χ4v) is 2.59. The van der Waals surface area contributed by atoms with Crippen molar-refractivity contribution in [2.45, 2.75) is 18.5 Å². The lowest BCUT2D eigenvalue weighted by atomic mass is 10.0. The molecule has 0 aromatic carbocycles. The highest BCUT2D eigenvalue weighted by Gasteiger charge is 2.23. The van der Waals surface area contributed by atoms with Gasteiger partial charge in [-0.3, -0.25) is 9.78 Å². The van der Waals surface area contributed by atoms with Crippen molar-refractivity contribution in [1.29, 1.82) is 0 Å². The normalized spacial score (nSPS) is 19.6. The van der Waals surface area contributed by atoms with E-state index in [1.165, 1.54) is 13.3 Å². The lowest BCUT2D eigenvalue weighted by Gasteiger charge is -2.29. The van der Waals surface area contributed by atoms with Gasteiger partial charge in [0.2, 0.25) is 0 Å². The maximum absolute atomic E-state index is 11.7. The van der Waals surface area contributed by atoms with Crippen molar-refractivity contribution in [2.24, 2.45) is 11.5 Å². The number of amides is 1. The van der Waals surface area contributed by atoms with Gasteiger partial charge in [-0.05, 0) is 6.42 Å². The number of aromatic nitrogens is 3. The van der Waals surface area contributed by atoms with Gasteiger partial charge in [0.1, 0.15) is 11.6 Å². The Morgan fingerprint density at radius 1 is 1.38 bits per heavy atom. The molecule has 0 saturated carbocycles. The van der Waals surface area contributed by atoms with Crippen LogP contribution in [0.3, 0.4) is 0 Å². The molecule has 138 valence electrons. The first-order valence-corrected chi connectivity index (χ1v) is 8.09. The summed E-state index contributed by atoms with van der Waals surface area (Å²) in [5.74, 6) is 0.574. The molecule has 2 unspecified atom stereocenters. The van der Waals surface area contributed by atoms with Gasteiger partial charge in [-0.1, -0.05) is 0 Å². The van der Waals surface area contributed by atoms with E-state index in [1.54, 1.807) is 18.5 Å². The smallest absolute Gasteiger partial charge is 0.271 e. The van der Waals surface area contributed by atoms with E-state index in [9.17, 15) is 4.79 Å². The van der Waals surface area contributed by atoms with Crippen molar-refractivity contribution in [2.75, 3.05) is 31.0 Å². The molecule has 1 fully saturated rings. The van der Waals surface area contributed by atoms with Gasteiger partial charge in [0.15, 0.2) is 11.5 Å². The number of nitrogens with two attached hydrogens (primary N) is 2. The van der Waals surface area contributed by atoms with Gasteiger partial charge >= 0.3 is 0 Å². The molecule has 0 radical (unpaired) electrons. The predicted octanol–water partition coefficient (Wildman–Crippen LogP) is 0.251. The topological polar surface area (TPSA) is 150 Å². The van der Waals surface area contributed by atoms with E-state index in [2.05, 4.69) is 25.6 Å². The van der Waals surface area contributed by atoms with E-state index in [0.29, 0.717) is 30.5 Å².